The highest BCUT2D eigenvalue weighted by molar-refractivity contribution is 6.01. The minimum absolute atomic E-state index is 0.0525. The number of carbonyl (C=O) groups is 3. The first-order chi connectivity index (χ1) is 15.4. The zero-order valence-electron chi connectivity index (χ0n) is 20.4. The Labute approximate surface area is 195 Å². The van der Waals surface area contributed by atoms with Gasteiger partial charge in [-0.3, -0.25) is 14.4 Å². The van der Waals surface area contributed by atoms with Crippen LogP contribution in [-0.4, -0.2) is 23.6 Å². The first-order valence-electron chi connectivity index (χ1n) is 12.1. The molecule has 0 radical (unpaired) electrons. The number of allylic oxidation sites excluding steroid dienone is 3. The van der Waals surface area contributed by atoms with Crippen molar-refractivity contribution in [2.75, 3.05) is 0 Å². The molecule has 7 atom stereocenters. The summed E-state index contributed by atoms with van der Waals surface area (Å²) >= 11 is 0. The fourth-order valence-corrected chi connectivity index (χ4v) is 8.44. The van der Waals surface area contributed by atoms with Crippen molar-refractivity contribution in [1.82, 2.24) is 0 Å². The second kappa shape index (κ2) is 6.80. The predicted molar refractivity (Wildman–Crippen MR) is 123 cm³/mol. The summed E-state index contributed by atoms with van der Waals surface area (Å²) in [7, 11) is 0. The number of esters is 1. The van der Waals surface area contributed by atoms with Gasteiger partial charge in [-0.05, 0) is 60.3 Å². The van der Waals surface area contributed by atoms with Gasteiger partial charge >= 0.3 is 5.97 Å². The highest BCUT2D eigenvalue weighted by Gasteiger charge is 2.69. The number of hydrogen-bond acceptors (Lipinski definition) is 5. The normalized spacial score (nSPS) is 43.4. The number of fused-ring (bicyclic) bond motifs is 5. The number of hydrogen-bond donors (Lipinski definition) is 0. The van der Waals surface area contributed by atoms with Crippen LogP contribution >= 0.6 is 0 Å². The van der Waals surface area contributed by atoms with Gasteiger partial charge in [-0.15, -0.1) is 0 Å². The average Bonchev–Trinajstić information content (AvgIpc) is 3.32. The lowest BCUT2D eigenvalue weighted by atomic mass is 9.38. The number of ether oxygens (including phenoxy) is 1. The summed E-state index contributed by atoms with van der Waals surface area (Å²) in [6.45, 7) is 12.1. The molecular formula is C28H34O5. The number of rotatable bonds is 2. The summed E-state index contributed by atoms with van der Waals surface area (Å²) in [6, 6.07) is 1.89. The van der Waals surface area contributed by atoms with E-state index in [-0.39, 0.29) is 46.1 Å². The Morgan fingerprint density at radius 3 is 2.48 bits per heavy atom. The zero-order chi connectivity index (χ0) is 24.0. The van der Waals surface area contributed by atoms with Gasteiger partial charge in [0.1, 0.15) is 6.10 Å². The van der Waals surface area contributed by atoms with Crippen LogP contribution in [0.2, 0.25) is 0 Å². The van der Waals surface area contributed by atoms with Crippen LogP contribution in [0.1, 0.15) is 72.3 Å². The van der Waals surface area contributed by atoms with E-state index in [0.29, 0.717) is 6.42 Å². The predicted octanol–water partition coefficient (Wildman–Crippen LogP) is 5.42. The molecule has 0 N–H and O–H groups in total. The molecule has 5 rings (SSSR count). The molecule has 0 aromatic carbocycles. The fraction of sp³-hybridized carbons (Fsp3) is 0.607. The molecular weight excluding hydrogens is 416 g/mol. The topological polar surface area (TPSA) is 73.6 Å². The van der Waals surface area contributed by atoms with E-state index in [2.05, 4.69) is 26.8 Å². The molecule has 2 saturated carbocycles. The Morgan fingerprint density at radius 2 is 1.85 bits per heavy atom. The third-order valence-corrected chi connectivity index (χ3v) is 9.99. The molecule has 0 aliphatic heterocycles. The Balaban J connectivity index is 1.68. The van der Waals surface area contributed by atoms with Crippen LogP contribution in [0.15, 0.2) is 46.8 Å². The standard InChI is InChI=1S/C28H34O5/c1-16(29)33-23-14-20-25(2,3)22(31)8-11-26(20,4)19-7-10-27(5)21(28(19,23)6)13-18(30)24(27)17-9-12-32-15-17/h8-9,11-13,15,19-20,23-24H,7,10,14H2,1-6H3/t19-,20?,23?,24?,26-,27+,28-/m1/s1. The molecule has 4 aliphatic rings. The van der Waals surface area contributed by atoms with Crippen LogP contribution in [-0.2, 0) is 19.1 Å². The summed E-state index contributed by atoms with van der Waals surface area (Å²) in [5.41, 5.74) is 0.363. The summed E-state index contributed by atoms with van der Waals surface area (Å²) in [6.07, 6.45) is 11.0. The van der Waals surface area contributed by atoms with E-state index in [9.17, 15) is 14.4 Å². The highest BCUT2D eigenvalue weighted by atomic mass is 16.5. The van der Waals surface area contributed by atoms with Gasteiger partial charge in [0.2, 0.25) is 0 Å². The van der Waals surface area contributed by atoms with Crippen LogP contribution in [0, 0.1) is 33.5 Å². The molecule has 0 saturated heterocycles. The maximum absolute atomic E-state index is 13.4. The molecule has 1 aromatic heterocycles. The van der Waals surface area contributed by atoms with E-state index in [0.717, 1.165) is 24.0 Å². The summed E-state index contributed by atoms with van der Waals surface area (Å²) in [5, 5.41) is 0. The monoisotopic (exact) mass is 450 g/mol. The molecule has 4 aliphatic carbocycles. The molecule has 3 unspecified atom stereocenters. The van der Waals surface area contributed by atoms with Crippen LogP contribution in [0.3, 0.4) is 0 Å². The van der Waals surface area contributed by atoms with Gasteiger partial charge in [0.25, 0.3) is 0 Å². The SMILES string of the molecule is CC(=O)OC1CC2C(C)(C)C(=O)C=C[C@]2(C)[C@H]2CC[C@@]3(C)C(=CC(=O)C3c3ccoc3)[C@]12C. The molecule has 0 amide bonds. The van der Waals surface area contributed by atoms with Gasteiger partial charge < -0.3 is 9.15 Å². The lowest BCUT2D eigenvalue weighted by molar-refractivity contribution is -0.187. The van der Waals surface area contributed by atoms with Gasteiger partial charge in [-0.2, -0.15) is 0 Å². The van der Waals surface area contributed by atoms with E-state index >= 15 is 0 Å². The van der Waals surface area contributed by atoms with Crippen molar-refractivity contribution >= 4 is 17.5 Å². The minimum Gasteiger partial charge on any atom is -0.472 e. The molecule has 1 heterocycles. The average molecular weight is 451 g/mol. The third kappa shape index (κ3) is 2.74. The molecule has 5 heteroatoms. The molecule has 1 aromatic rings. The second-order valence-corrected chi connectivity index (χ2v) is 11.9. The molecule has 0 spiro atoms. The smallest absolute Gasteiger partial charge is 0.302 e. The van der Waals surface area contributed by atoms with Crippen molar-refractivity contribution in [3.05, 3.63) is 48.0 Å². The Hall–Kier alpha value is -2.43. The maximum atomic E-state index is 13.4. The van der Waals surface area contributed by atoms with E-state index in [1.54, 1.807) is 18.6 Å². The van der Waals surface area contributed by atoms with Crippen LogP contribution in [0.25, 0.3) is 0 Å². The molecule has 176 valence electrons. The summed E-state index contributed by atoms with van der Waals surface area (Å²) in [5.74, 6) is -0.177. The van der Waals surface area contributed by atoms with Gasteiger partial charge in [0.05, 0.1) is 18.4 Å². The Morgan fingerprint density at radius 1 is 1.12 bits per heavy atom. The third-order valence-electron chi connectivity index (χ3n) is 9.99. The lowest BCUT2D eigenvalue weighted by Crippen LogP contribution is -2.64. The molecule has 2 fully saturated rings. The number of furan rings is 1. The van der Waals surface area contributed by atoms with Gasteiger partial charge in [0.15, 0.2) is 11.6 Å². The van der Waals surface area contributed by atoms with E-state index < -0.39 is 16.9 Å². The van der Waals surface area contributed by atoms with Gasteiger partial charge in [0, 0.05) is 28.7 Å². The first kappa shape index (κ1) is 22.4. The van der Waals surface area contributed by atoms with E-state index in [1.165, 1.54) is 6.92 Å². The Bertz CT molecular complexity index is 1090. The van der Waals surface area contributed by atoms with Crippen molar-refractivity contribution in [1.29, 1.82) is 0 Å². The van der Waals surface area contributed by atoms with Crippen LogP contribution in [0.4, 0.5) is 0 Å². The maximum Gasteiger partial charge on any atom is 0.302 e. The van der Waals surface area contributed by atoms with Crippen LogP contribution in [0.5, 0.6) is 0 Å². The van der Waals surface area contributed by atoms with Crippen molar-refractivity contribution in [2.45, 2.75) is 72.8 Å². The second-order valence-electron chi connectivity index (χ2n) is 11.9. The number of ketones is 2. The van der Waals surface area contributed by atoms with E-state index in [1.807, 2.05) is 26.0 Å². The number of carbonyl (C=O) groups excluding carboxylic acids is 3. The van der Waals surface area contributed by atoms with Crippen LogP contribution < -0.4 is 0 Å². The Kier molecular flexibility index (Phi) is 4.61. The van der Waals surface area contributed by atoms with E-state index in [4.69, 9.17) is 9.15 Å². The quantitative estimate of drug-likeness (QED) is 0.563. The summed E-state index contributed by atoms with van der Waals surface area (Å²) in [4.78, 5) is 38.6. The van der Waals surface area contributed by atoms with Gasteiger partial charge in [-0.25, -0.2) is 0 Å². The fourth-order valence-electron chi connectivity index (χ4n) is 8.44. The minimum atomic E-state index is -0.539. The van der Waals surface area contributed by atoms with Crippen molar-refractivity contribution in [3.8, 4) is 0 Å². The first-order valence-corrected chi connectivity index (χ1v) is 12.1. The molecule has 33 heavy (non-hydrogen) atoms. The summed E-state index contributed by atoms with van der Waals surface area (Å²) < 4.78 is 11.4. The zero-order valence-corrected chi connectivity index (χ0v) is 20.4. The van der Waals surface area contributed by atoms with Crippen molar-refractivity contribution < 1.29 is 23.5 Å². The van der Waals surface area contributed by atoms with Crippen molar-refractivity contribution in [2.24, 2.45) is 33.5 Å². The molecule has 0 bridgehead atoms. The van der Waals surface area contributed by atoms with Crippen molar-refractivity contribution in [3.63, 3.8) is 0 Å². The molecule has 5 nitrogen and oxygen atoms in total. The lowest BCUT2D eigenvalue weighted by Gasteiger charge is -2.66. The van der Waals surface area contributed by atoms with Gasteiger partial charge in [-0.1, -0.05) is 40.7 Å². The highest BCUT2D eigenvalue weighted by Crippen LogP contribution is 2.72. The largest absolute Gasteiger partial charge is 0.472 e.